The second-order valence-electron chi connectivity index (χ2n) is 2.53. The molecule has 0 saturated heterocycles. The molecule has 0 aliphatic rings. The van der Waals surface area contributed by atoms with Gasteiger partial charge in [-0.25, -0.2) is 14.6 Å². The molecule has 0 aliphatic heterocycles. The predicted molar refractivity (Wildman–Crippen MR) is 51.2 cm³/mol. The molecule has 1 aromatic heterocycles. The van der Waals surface area contributed by atoms with Gasteiger partial charge in [-0.05, 0) is 12.1 Å². The van der Waals surface area contributed by atoms with E-state index in [4.69, 9.17) is 10.2 Å². The third-order valence-corrected chi connectivity index (χ3v) is 1.49. The Morgan fingerprint density at radius 2 is 1.93 bits per heavy atom. The summed E-state index contributed by atoms with van der Waals surface area (Å²) in [5.41, 5.74) is -0.749. The van der Waals surface area contributed by atoms with Gasteiger partial charge >= 0.3 is 11.9 Å². The average molecular weight is 208 g/mol. The zero-order valence-corrected chi connectivity index (χ0v) is 7.54. The van der Waals surface area contributed by atoms with Crippen molar-refractivity contribution in [3.8, 4) is 0 Å². The van der Waals surface area contributed by atoms with Crippen molar-refractivity contribution in [3.63, 3.8) is 0 Å². The average Bonchev–Trinajstić information content (AvgIpc) is 2.18. The summed E-state index contributed by atoms with van der Waals surface area (Å²) < 4.78 is 0. The summed E-state index contributed by atoms with van der Waals surface area (Å²) in [5.74, 6) is -2.64. The Balaban J connectivity index is 2.79. The molecule has 15 heavy (non-hydrogen) atoms. The first-order valence-electron chi connectivity index (χ1n) is 3.95. The molecule has 0 aliphatic carbocycles. The van der Waals surface area contributed by atoms with Gasteiger partial charge in [0.15, 0.2) is 5.57 Å². The molecule has 0 amide bonds. The van der Waals surface area contributed by atoms with Crippen LogP contribution in [0.1, 0.15) is 0 Å². The highest BCUT2D eigenvalue weighted by atomic mass is 16.4. The lowest BCUT2D eigenvalue weighted by Gasteiger charge is -1.99. The predicted octanol–water partition coefficient (Wildman–Crippen LogP) is 0.547. The van der Waals surface area contributed by atoms with Crippen molar-refractivity contribution in [3.05, 3.63) is 36.2 Å². The number of aromatic nitrogens is 1. The molecule has 78 valence electrons. The van der Waals surface area contributed by atoms with Gasteiger partial charge in [0.05, 0.1) is 0 Å². The molecule has 0 fully saturated rings. The van der Waals surface area contributed by atoms with E-state index in [1.807, 2.05) is 0 Å². The van der Waals surface area contributed by atoms with Crippen LogP contribution in [0.4, 0.5) is 5.82 Å². The van der Waals surface area contributed by atoms with E-state index in [0.29, 0.717) is 5.82 Å². The summed E-state index contributed by atoms with van der Waals surface area (Å²) in [6.07, 6.45) is 2.38. The first-order chi connectivity index (χ1) is 7.11. The molecule has 0 unspecified atom stereocenters. The fourth-order valence-corrected chi connectivity index (χ4v) is 0.809. The Kier molecular flexibility index (Phi) is 3.39. The van der Waals surface area contributed by atoms with Crippen molar-refractivity contribution in [1.29, 1.82) is 0 Å². The monoisotopic (exact) mass is 208 g/mol. The van der Waals surface area contributed by atoms with Crippen molar-refractivity contribution in [2.75, 3.05) is 5.32 Å². The molecule has 0 saturated carbocycles. The highest BCUT2D eigenvalue weighted by molar-refractivity contribution is 6.12. The number of aliphatic carboxylic acids is 2. The van der Waals surface area contributed by atoms with E-state index >= 15 is 0 Å². The lowest BCUT2D eigenvalue weighted by molar-refractivity contribution is -0.140. The van der Waals surface area contributed by atoms with Gasteiger partial charge in [-0.2, -0.15) is 0 Å². The topological polar surface area (TPSA) is 99.5 Å². The fraction of sp³-hybridized carbons (Fsp3) is 0. The smallest absolute Gasteiger partial charge is 0.344 e. The minimum absolute atomic E-state index is 0.373. The molecule has 3 N–H and O–H groups in total. The van der Waals surface area contributed by atoms with Gasteiger partial charge in [-0.1, -0.05) is 6.07 Å². The SMILES string of the molecule is O=C(O)C(=CNc1ccccn1)C(=O)O. The molecule has 1 heterocycles. The molecule has 6 nitrogen and oxygen atoms in total. The number of carboxylic acid groups (broad SMARTS) is 2. The normalized spacial score (nSPS) is 9.07. The van der Waals surface area contributed by atoms with Gasteiger partial charge in [0.25, 0.3) is 0 Å². The van der Waals surface area contributed by atoms with E-state index in [1.165, 1.54) is 6.20 Å². The van der Waals surface area contributed by atoms with Gasteiger partial charge < -0.3 is 15.5 Å². The molecule has 0 aromatic carbocycles. The fourth-order valence-electron chi connectivity index (χ4n) is 0.809. The van der Waals surface area contributed by atoms with Crippen LogP contribution in [-0.2, 0) is 9.59 Å². The van der Waals surface area contributed by atoms with E-state index < -0.39 is 17.5 Å². The summed E-state index contributed by atoms with van der Waals surface area (Å²) >= 11 is 0. The number of rotatable bonds is 4. The molecule has 0 atom stereocenters. The second-order valence-corrected chi connectivity index (χ2v) is 2.53. The van der Waals surface area contributed by atoms with E-state index in [9.17, 15) is 9.59 Å². The van der Waals surface area contributed by atoms with E-state index in [1.54, 1.807) is 18.2 Å². The molecular formula is C9H8N2O4. The maximum atomic E-state index is 10.5. The van der Waals surface area contributed by atoms with Crippen LogP contribution in [0.5, 0.6) is 0 Å². The summed E-state index contributed by atoms with van der Waals surface area (Å²) in [7, 11) is 0. The number of hydrogen-bond donors (Lipinski definition) is 3. The largest absolute Gasteiger partial charge is 0.477 e. The van der Waals surface area contributed by atoms with Crippen LogP contribution >= 0.6 is 0 Å². The molecule has 0 spiro atoms. The maximum Gasteiger partial charge on any atom is 0.344 e. The number of hydrogen-bond acceptors (Lipinski definition) is 4. The summed E-state index contributed by atoms with van der Waals surface area (Å²) in [5, 5.41) is 19.5. The van der Waals surface area contributed by atoms with E-state index in [2.05, 4.69) is 10.3 Å². The Hall–Kier alpha value is -2.37. The van der Waals surface area contributed by atoms with Gasteiger partial charge in [0.2, 0.25) is 0 Å². The minimum atomic E-state index is -1.51. The van der Waals surface area contributed by atoms with Crippen LogP contribution in [-0.4, -0.2) is 27.1 Å². The molecule has 1 aromatic rings. The molecule has 1 rings (SSSR count). The quantitative estimate of drug-likeness (QED) is 0.379. The van der Waals surface area contributed by atoms with Crippen LogP contribution in [0.15, 0.2) is 36.2 Å². The van der Waals surface area contributed by atoms with Crippen molar-refractivity contribution >= 4 is 17.8 Å². The maximum absolute atomic E-state index is 10.5. The highest BCUT2D eigenvalue weighted by Gasteiger charge is 2.15. The lowest BCUT2D eigenvalue weighted by Crippen LogP contribution is -2.13. The Labute approximate surface area is 84.9 Å². The first-order valence-corrected chi connectivity index (χ1v) is 3.95. The third kappa shape index (κ3) is 3.11. The third-order valence-electron chi connectivity index (χ3n) is 1.49. The zero-order chi connectivity index (χ0) is 11.3. The Morgan fingerprint density at radius 3 is 2.40 bits per heavy atom. The Morgan fingerprint density at radius 1 is 1.27 bits per heavy atom. The zero-order valence-electron chi connectivity index (χ0n) is 7.54. The first kappa shape index (κ1) is 10.7. The van der Waals surface area contributed by atoms with E-state index in [0.717, 1.165) is 6.20 Å². The molecule has 0 radical (unpaired) electrons. The van der Waals surface area contributed by atoms with Crippen LogP contribution < -0.4 is 5.32 Å². The van der Waals surface area contributed by atoms with Crippen LogP contribution in [0.25, 0.3) is 0 Å². The molecule has 6 heteroatoms. The van der Waals surface area contributed by atoms with Gasteiger partial charge in [0.1, 0.15) is 5.82 Å². The van der Waals surface area contributed by atoms with Crippen molar-refractivity contribution < 1.29 is 19.8 Å². The number of nitrogens with one attached hydrogen (secondary N) is 1. The number of pyridine rings is 1. The van der Waals surface area contributed by atoms with Crippen LogP contribution in [0.3, 0.4) is 0 Å². The summed E-state index contributed by atoms with van der Waals surface area (Å²) in [6.45, 7) is 0. The number of carboxylic acids is 2. The highest BCUT2D eigenvalue weighted by Crippen LogP contribution is 2.02. The minimum Gasteiger partial charge on any atom is -0.477 e. The van der Waals surface area contributed by atoms with Gasteiger partial charge in [-0.15, -0.1) is 0 Å². The Bertz CT molecular complexity index is 384. The number of nitrogens with zero attached hydrogens (tertiary/aromatic N) is 1. The second kappa shape index (κ2) is 4.75. The van der Waals surface area contributed by atoms with Crippen molar-refractivity contribution in [2.24, 2.45) is 0 Å². The van der Waals surface area contributed by atoms with E-state index in [-0.39, 0.29) is 0 Å². The molecule has 0 bridgehead atoms. The van der Waals surface area contributed by atoms with Crippen molar-refractivity contribution in [1.82, 2.24) is 4.98 Å². The number of anilines is 1. The number of carbonyl (C=O) groups is 2. The van der Waals surface area contributed by atoms with Crippen molar-refractivity contribution in [2.45, 2.75) is 0 Å². The van der Waals surface area contributed by atoms with Crippen LogP contribution in [0.2, 0.25) is 0 Å². The van der Waals surface area contributed by atoms with Crippen LogP contribution in [0, 0.1) is 0 Å². The molecular weight excluding hydrogens is 200 g/mol. The lowest BCUT2D eigenvalue weighted by atomic mass is 10.3. The van der Waals surface area contributed by atoms with Gasteiger partial charge in [-0.3, -0.25) is 0 Å². The van der Waals surface area contributed by atoms with Gasteiger partial charge in [0, 0.05) is 12.4 Å². The summed E-state index contributed by atoms with van der Waals surface area (Å²) in [4.78, 5) is 24.7. The summed E-state index contributed by atoms with van der Waals surface area (Å²) in [6, 6.07) is 4.95. The standard InChI is InChI=1S/C9H8N2O4/c12-8(13)6(9(14)15)5-11-7-3-1-2-4-10-7/h1-5H,(H,10,11)(H,12,13)(H,14,15).